The van der Waals surface area contributed by atoms with Gasteiger partial charge in [-0.1, -0.05) is 47.8 Å². The summed E-state index contributed by atoms with van der Waals surface area (Å²) < 4.78 is 22.7. The predicted octanol–water partition coefficient (Wildman–Crippen LogP) is 5.07. The lowest BCUT2D eigenvalue weighted by Crippen LogP contribution is -2.33. The molecule has 1 amide bonds. The zero-order chi connectivity index (χ0) is 35.7. The van der Waals surface area contributed by atoms with Gasteiger partial charge in [0.05, 0.1) is 25.8 Å². The number of hydrogen-bond acceptors (Lipinski definition) is 14. The van der Waals surface area contributed by atoms with E-state index in [1.165, 1.54) is 18.0 Å². The molecule has 0 spiro atoms. The fraction of sp³-hybridized carbons (Fsp3) is 0.294. The molecule has 0 saturated carbocycles. The van der Waals surface area contributed by atoms with E-state index >= 15 is 0 Å². The standard InChI is InChI=1S/C34H36N8O7S/c1-7-34(2,3)32(44)49-42-18-26(39-41-42)25-16-17-27(40-38-25)35-29(43)28-30(47-19-21-8-12-23(45-4)13-9-21)36-33(50-6)37-31(28)48-20-22-10-14-24(46-5)15-11-22/h8-18H,7,19-20H2,1-6H3,(H,35,40,43). The van der Waals surface area contributed by atoms with Crippen LogP contribution < -0.4 is 29.1 Å². The Kier molecular flexibility index (Phi) is 11.4. The highest BCUT2D eigenvalue weighted by Gasteiger charge is 2.29. The quantitative estimate of drug-likeness (QED) is 0.0871. The Morgan fingerprint density at radius 1 is 0.800 bits per heavy atom. The smallest absolute Gasteiger partial charge is 0.340 e. The first-order chi connectivity index (χ1) is 24.1. The molecule has 0 fully saturated rings. The van der Waals surface area contributed by atoms with E-state index in [2.05, 4.69) is 35.8 Å². The average molecular weight is 701 g/mol. The Balaban J connectivity index is 1.38. The topological polar surface area (TPSA) is 175 Å². The monoisotopic (exact) mass is 700 g/mol. The summed E-state index contributed by atoms with van der Waals surface area (Å²) in [6.45, 7) is 5.66. The molecule has 16 heteroatoms. The molecule has 2 aromatic carbocycles. The number of aromatic nitrogens is 7. The first-order valence-electron chi connectivity index (χ1n) is 15.4. The Bertz CT molecular complexity index is 1850. The van der Waals surface area contributed by atoms with E-state index in [1.54, 1.807) is 46.5 Å². The number of nitrogens with zero attached hydrogens (tertiary/aromatic N) is 7. The summed E-state index contributed by atoms with van der Waals surface area (Å²) in [5.41, 5.74) is 1.57. The molecule has 0 aliphatic carbocycles. The van der Waals surface area contributed by atoms with Gasteiger partial charge in [0.1, 0.15) is 36.1 Å². The lowest BCUT2D eigenvalue weighted by atomic mass is 9.91. The summed E-state index contributed by atoms with van der Waals surface area (Å²) in [7, 11) is 3.18. The first-order valence-corrected chi connectivity index (χ1v) is 16.6. The van der Waals surface area contributed by atoms with Crippen LogP contribution in [0.15, 0.2) is 72.0 Å². The Morgan fingerprint density at radius 3 is 1.86 bits per heavy atom. The second-order valence-electron chi connectivity index (χ2n) is 11.3. The summed E-state index contributed by atoms with van der Waals surface area (Å²) in [6, 6.07) is 17.8. The lowest BCUT2D eigenvalue weighted by molar-refractivity contribution is -0.156. The maximum absolute atomic E-state index is 13.9. The predicted molar refractivity (Wildman–Crippen MR) is 183 cm³/mol. The van der Waals surface area contributed by atoms with Gasteiger partial charge in [0.25, 0.3) is 5.91 Å². The van der Waals surface area contributed by atoms with Crippen LogP contribution in [-0.4, -0.2) is 67.7 Å². The van der Waals surface area contributed by atoms with Crippen molar-refractivity contribution in [1.82, 2.24) is 35.3 Å². The number of hydrogen-bond donors (Lipinski definition) is 1. The molecule has 50 heavy (non-hydrogen) atoms. The Morgan fingerprint density at radius 2 is 1.38 bits per heavy atom. The zero-order valence-electron chi connectivity index (χ0n) is 28.4. The third-order valence-corrected chi connectivity index (χ3v) is 8.10. The van der Waals surface area contributed by atoms with Gasteiger partial charge in [-0.05, 0) is 79.3 Å². The van der Waals surface area contributed by atoms with Crippen LogP contribution in [0.4, 0.5) is 5.82 Å². The number of thioether (sulfide) groups is 1. The molecular weight excluding hydrogens is 664 g/mol. The van der Waals surface area contributed by atoms with Crippen molar-refractivity contribution in [3.63, 3.8) is 0 Å². The largest absolute Gasteiger partial charge is 0.497 e. The number of carbonyl (C=O) groups excluding carboxylic acids is 2. The van der Waals surface area contributed by atoms with Crippen LogP contribution in [0.2, 0.25) is 0 Å². The number of amides is 1. The summed E-state index contributed by atoms with van der Waals surface area (Å²) in [5.74, 6) is 0.476. The van der Waals surface area contributed by atoms with Gasteiger partial charge in [0, 0.05) is 0 Å². The van der Waals surface area contributed by atoms with Gasteiger partial charge >= 0.3 is 5.97 Å². The Hall–Kier alpha value is -5.77. The molecule has 260 valence electrons. The third-order valence-electron chi connectivity index (χ3n) is 7.56. The molecule has 15 nitrogen and oxygen atoms in total. The third kappa shape index (κ3) is 8.82. The highest BCUT2D eigenvalue weighted by molar-refractivity contribution is 7.98. The number of ether oxygens (including phenoxy) is 4. The molecule has 0 aliphatic rings. The van der Waals surface area contributed by atoms with Gasteiger partial charge in [-0.25, -0.2) is 4.79 Å². The molecule has 3 aromatic heterocycles. The average Bonchev–Trinajstić information content (AvgIpc) is 3.61. The van der Waals surface area contributed by atoms with E-state index in [1.807, 2.05) is 55.5 Å². The summed E-state index contributed by atoms with van der Waals surface area (Å²) in [6.07, 6.45) is 3.81. The highest BCUT2D eigenvalue weighted by Crippen LogP contribution is 2.31. The van der Waals surface area contributed by atoms with Crippen molar-refractivity contribution in [3.8, 4) is 34.6 Å². The number of nitrogens with one attached hydrogen (secondary N) is 1. The number of anilines is 1. The SMILES string of the molecule is CCC(C)(C)C(=O)On1cc(-c2ccc(NC(=O)c3c(OCc4ccc(OC)cc4)nc(SC)nc3OCc3ccc(OC)cc3)nn2)nn1. The van der Waals surface area contributed by atoms with E-state index in [-0.39, 0.29) is 36.4 Å². The zero-order valence-corrected chi connectivity index (χ0v) is 29.2. The van der Waals surface area contributed by atoms with Crippen molar-refractivity contribution in [1.29, 1.82) is 0 Å². The van der Waals surface area contributed by atoms with Crippen molar-refractivity contribution < 1.29 is 33.4 Å². The number of carbonyl (C=O) groups is 2. The molecule has 0 aliphatic heterocycles. The van der Waals surface area contributed by atoms with Crippen molar-refractivity contribution in [3.05, 3.63) is 83.6 Å². The second kappa shape index (κ2) is 16.1. The minimum atomic E-state index is -0.687. The molecule has 0 unspecified atom stereocenters. The molecule has 1 N–H and O–H groups in total. The van der Waals surface area contributed by atoms with Gasteiger partial charge in [0.2, 0.25) is 11.8 Å². The van der Waals surface area contributed by atoms with Gasteiger partial charge in [0.15, 0.2) is 16.5 Å². The molecule has 0 bridgehead atoms. The minimum Gasteiger partial charge on any atom is -0.497 e. The van der Waals surface area contributed by atoms with Crippen LogP contribution in [0.5, 0.6) is 23.3 Å². The van der Waals surface area contributed by atoms with Crippen molar-refractivity contribution in [2.75, 3.05) is 25.8 Å². The number of methoxy groups -OCH3 is 2. The summed E-state index contributed by atoms with van der Waals surface area (Å²) >= 11 is 1.27. The fourth-order valence-electron chi connectivity index (χ4n) is 4.12. The second-order valence-corrected chi connectivity index (χ2v) is 12.1. The maximum atomic E-state index is 13.9. The first kappa shape index (κ1) is 35.5. The summed E-state index contributed by atoms with van der Waals surface area (Å²) in [5, 5.41) is 19.2. The number of rotatable bonds is 15. The highest BCUT2D eigenvalue weighted by atomic mass is 32.2. The van der Waals surface area contributed by atoms with E-state index in [0.29, 0.717) is 34.5 Å². The fourth-order valence-corrected chi connectivity index (χ4v) is 4.47. The maximum Gasteiger partial charge on any atom is 0.340 e. The molecule has 3 heterocycles. The molecule has 0 saturated heterocycles. The normalized spacial score (nSPS) is 11.1. The Labute approximate surface area is 292 Å². The van der Waals surface area contributed by atoms with Crippen LogP contribution in [0.3, 0.4) is 0 Å². The van der Waals surface area contributed by atoms with Crippen LogP contribution >= 0.6 is 11.8 Å². The van der Waals surface area contributed by atoms with E-state index in [0.717, 1.165) is 16.0 Å². The molecule has 0 atom stereocenters. The van der Waals surface area contributed by atoms with E-state index < -0.39 is 17.3 Å². The lowest BCUT2D eigenvalue weighted by Gasteiger charge is -2.18. The van der Waals surface area contributed by atoms with Crippen molar-refractivity contribution in [2.45, 2.75) is 45.6 Å². The minimum absolute atomic E-state index is 0.0180. The van der Waals surface area contributed by atoms with Crippen LogP contribution in [-0.2, 0) is 18.0 Å². The van der Waals surface area contributed by atoms with Crippen molar-refractivity contribution >= 4 is 29.5 Å². The van der Waals surface area contributed by atoms with Gasteiger partial charge in [-0.2, -0.15) is 9.97 Å². The van der Waals surface area contributed by atoms with Gasteiger partial charge in [-0.3, -0.25) is 4.79 Å². The molecule has 0 radical (unpaired) electrons. The van der Waals surface area contributed by atoms with E-state index in [4.69, 9.17) is 23.8 Å². The molecule has 5 rings (SSSR count). The molecular formula is C34H36N8O7S. The van der Waals surface area contributed by atoms with E-state index in [9.17, 15) is 9.59 Å². The van der Waals surface area contributed by atoms with Crippen LogP contribution in [0.1, 0.15) is 48.7 Å². The summed E-state index contributed by atoms with van der Waals surface area (Å²) in [4.78, 5) is 41.6. The van der Waals surface area contributed by atoms with Crippen LogP contribution in [0, 0.1) is 5.41 Å². The van der Waals surface area contributed by atoms with Gasteiger partial charge < -0.3 is 29.1 Å². The number of benzene rings is 2. The van der Waals surface area contributed by atoms with Crippen LogP contribution in [0.25, 0.3) is 11.4 Å². The molecule has 5 aromatic rings. The van der Waals surface area contributed by atoms with Crippen molar-refractivity contribution in [2.24, 2.45) is 5.41 Å². The van der Waals surface area contributed by atoms with Gasteiger partial charge in [-0.15, -0.1) is 15.3 Å².